The lowest BCUT2D eigenvalue weighted by molar-refractivity contribution is 0.414. The molecule has 2 aromatic heterocycles. The number of thiophene rings is 1. The molecule has 2 heterocycles. The molecule has 3 aromatic rings. The molecule has 0 amide bonds. The van der Waals surface area contributed by atoms with Crippen LogP contribution in [0.4, 0.5) is 11.8 Å². The summed E-state index contributed by atoms with van der Waals surface area (Å²) < 4.78 is 5.14. The number of anilines is 2. The number of methoxy groups -OCH3 is 1. The second-order valence-electron chi connectivity index (χ2n) is 4.27. The van der Waals surface area contributed by atoms with Gasteiger partial charge in [-0.25, -0.2) is 4.98 Å². The van der Waals surface area contributed by atoms with Gasteiger partial charge in [0.2, 0.25) is 5.95 Å². The van der Waals surface area contributed by atoms with E-state index in [1.54, 1.807) is 18.4 Å². The topological polar surface area (TPSA) is 73.1 Å². The Hall–Kier alpha value is -2.34. The Morgan fingerprint density at radius 1 is 1.20 bits per heavy atom. The van der Waals surface area contributed by atoms with E-state index in [0.717, 1.165) is 27.3 Å². The summed E-state index contributed by atoms with van der Waals surface area (Å²) >= 11 is 1.55. The summed E-state index contributed by atoms with van der Waals surface area (Å²) in [5, 5.41) is 6.28. The number of hydrogen-bond donors (Lipinski definition) is 2. The number of nitrogens with zero attached hydrogens (tertiary/aromatic N) is 2. The molecule has 3 rings (SSSR count). The van der Waals surface area contributed by atoms with Gasteiger partial charge in [0.15, 0.2) is 0 Å². The Balaban J connectivity index is 1.80. The van der Waals surface area contributed by atoms with Crippen molar-refractivity contribution in [3.63, 3.8) is 0 Å². The Labute approximate surface area is 120 Å². The molecule has 1 aromatic carbocycles. The van der Waals surface area contributed by atoms with Crippen molar-refractivity contribution in [3.05, 3.63) is 41.3 Å². The van der Waals surface area contributed by atoms with Crippen molar-refractivity contribution in [1.82, 2.24) is 9.97 Å². The first-order valence-electron chi connectivity index (χ1n) is 6.14. The van der Waals surface area contributed by atoms with Crippen LogP contribution < -0.4 is 15.8 Å². The van der Waals surface area contributed by atoms with E-state index in [1.165, 1.54) is 0 Å². The van der Waals surface area contributed by atoms with Crippen molar-refractivity contribution in [3.8, 4) is 5.75 Å². The summed E-state index contributed by atoms with van der Waals surface area (Å²) in [4.78, 5) is 9.36. The number of benzene rings is 1. The molecule has 102 valence electrons. The molecule has 3 N–H and O–H groups in total. The summed E-state index contributed by atoms with van der Waals surface area (Å²) in [6.45, 7) is 0.672. The monoisotopic (exact) mass is 286 g/mol. The Morgan fingerprint density at radius 3 is 2.75 bits per heavy atom. The van der Waals surface area contributed by atoms with E-state index in [0.29, 0.717) is 6.54 Å². The second-order valence-corrected chi connectivity index (χ2v) is 5.17. The van der Waals surface area contributed by atoms with E-state index in [1.807, 2.05) is 35.7 Å². The number of nitrogen functional groups attached to an aromatic ring is 1. The van der Waals surface area contributed by atoms with Crippen molar-refractivity contribution < 1.29 is 4.74 Å². The van der Waals surface area contributed by atoms with Crippen molar-refractivity contribution in [2.75, 3.05) is 18.2 Å². The molecule has 0 atom stereocenters. The molecule has 0 fully saturated rings. The molecular weight excluding hydrogens is 272 g/mol. The van der Waals surface area contributed by atoms with Gasteiger partial charge in [-0.3, -0.25) is 0 Å². The first-order chi connectivity index (χ1) is 9.76. The minimum Gasteiger partial charge on any atom is -0.497 e. The normalized spacial score (nSPS) is 10.7. The van der Waals surface area contributed by atoms with E-state index < -0.39 is 0 Å². The van der Waals surface area contributed by atoms with Gasteiger partial charge in [0.1, 0.15) is 16.4 Å². The SMILES string of the molecule is COc1ccc(CNc2nc(N)nc3sccc23)cc1. The van der Waals surface area contributed by atoms with Crippen LogP contribution in [0.3, 0.4) is 0 Å². The number of hydrogen-bond acceptors (Lipinski definition) is 6. The van der Waals surface area contributed by atoms with Crippen LogP contribution in [0.5, 0.6) is 5.75 Å². The predicted molar refractivity (Wildman–Crippen MR) is 82.1 cm³/mol. The molecule has 20 heavy (non-hydrogen) atoms. The van der Waals surface area contributed by atoms with Crippen LogP contribution in [-0.2, 0) is 6.54 Å². The van der Waals surface area contributed by atoms with Crippen LogP contribution in [0, 0.1) is 0 Å². The highest BCUT2D eigenvalue weighted by Crippen LogP contribution is 2.26. The molecule has 0 bridgehead atoms. The van der Waals surface area contributed by atoms with Crippen LogP contribution in [0.2, 0.25) is 0 Å². The Kier molecular flexibility index (Phi) is 3.39. The quantitative estimate of drug-likeness (QED) is 0.771. The summed E-state index contributed by atoms with van der Waals surface area (Å²) in [7, 11) is 1.66. The first kappa shape index (κ1) is 12.7. The molecule has 0 aliphatic heterocycles. The van der Waals surface area contributed by atoms with Gasteiger partial charge in [-0.05, 0) is 29.1 Å². The summed E-state index contributed by atoms with van der Waals surface area (Å²) in [5.74, 6) is 1.90. The van der Waals surface area contributed by atoms with Gasteiger partial charge in [-0.1, -0.05) is 12.1 Å². The zero-order valence-corrected chi connectivity index (χ0v) is 11.8. The lowest BCUT2D eigenvalue weighted by Crippen LogP contribution is -2.04. The highest BCUT2D eigenvalue weighted by molar-refractivity contribution is 7.16. The van der Waals surface area contributed by atoms with Crippen LogP contribution >= 0.6 is 11.3 Å². The number of rotatable bonds is 4. The van der Waals surface area contributed by atoms with Crippen molar-refractivity contribution in [2.45, 2.75) is 6.54 Å². The molecule has 5 nitrogen and oxygen atoms in total. The summed E-state index contributed by atoms with van der Waals surface area (Å²) in [6, 6.07) is 9.90. The van der Waals surface area contributed by atoms with Crippen LogP contribution in [-0.4, -0.2) is 17.1 Å². The minimum absolute atomic E-state index is 0.289. The molecule has 6 heteroatoms. The average molecular weight is 286 g/mol. The van der Waals surface area contributed by atoms with E-state index in [2.05, 4.69) is 15.3 Å². The minimum atomic E-state index is 0.289. The van der Waals surface area contributed by atoms with E-state index in [-0.39, 0.29) is 5.95 Å². The maximum absolute atomic E-state index is 5.72. The summed E-state index contributed by atoms with van der Waals surface area (Å²) in [5.41, 5.74) is 6.86. The molecule has 0 aliphatic carbocycles. The summed E-state index contributed by atoms with van der Waals surface area (Å²) in [6.07, 6.45) is 0. The van der Waals surface area contributed by atoms with Gasteiger partial charge in [0.05, 0.1) is 12.5 Å². The zero-order valence-electron chi connectivity index (χ0n) is 11.0. The van der Waals surface area contributed by atoms with Gasteiger partial charge in [-0.15, -0.1) is 11.3 Å². The van der Waals surface area contributed by atoms with Gasteiger partial charge in [-0.2, -0.15) is 4.98 Å². The third-order valence-corrected chi connectivity index (χ3v) is 3.77. The molecular formula is C14H14N4OS. The third-order valence-electron chi connectivity index (χ3n) is 2.96. The van der Waals surface area contributed by atoms with E-state index in [4.69, 9.17) is 10.5 Å². The van der Waals surface area contributed by atoms with Crippen LogP contribution in [0.1, 0.15) is 5.56 Å². The Bertz CT molecular complexity index is 724. The van der Waals surface area contributed by atoms with Gasteiger partial charge >= 0.3 is 0 Å². The number of fused-ring (bicyclic) bond motifs is 1. The smallest absolute Gasteiger partial charge is 0.223 e. The van der Waals surface area contributed by atoms with E-state index in [9.17, 15) is 0 Å². The van der Waals surface area contributed by atoms with Crippen LogP contribution in [0.25, 0.3) is 10.2 Å². The van der Waals surface area contributed by atoms with Crippen molar-refractivity contribution in [2.24, 2.45) is 0 Å². The fourth-order valence-electron chi connectivity index (χ4n) is 1.94. The number of ether oxygens (including phenoxy) is 1. The van der Waals surface area contributed by atoms with Crippen LogP contribution in [0.15, 0.2) is 35.7 Å². The van der Waals surface area contributed by atoms with Gasteiger partial charge < -0.3 is 15.8 Å². The highest BCUT2D eigenvalue weighted by atomic mass is 32.1. The Morgan fingerprint density at radius 2 is 2.00 bits per heavy atom. The van der Waals surface area contributed by atoms with Crippen molar-refractivity contribution >= 4 is 33.3 Å². The maximum atomic E-state index is 5.72. The average Bonchev–Trinajstić information content (AvgIpc) is 2.93. The fraction of sp³-hybridized carbons (Fsp3) is 0.143. The third kappa shape index (κ3) is 2.50. The molecule has 0 saturated heterocycles. The molecule has 0 aliphatic rings. The largest absolute Gasteiger partial charge is 0.497 e. The zero-order chi connectivity index (χ0) is 13.9. The molecule has 0 unspecified atom stereocenters. The maximum Gasteiger partial charge on any atom is 0.223 e. The van der Waals surface area contributed by atoms with E-state index >= 15 is 0 Å². The number of nitrogens with two attached hydrogens (primary N) is 1. The molecule has 0 spiro atoms. The second kappa shape index (κ2) is 5.34. The standard InChI is InChI=1S/C14H14N4OS/c1-19-10-4-2-9(3-5-10)8-16-12-11-6-7-20-13(11)18-14(15)17-12/h2-7H,8H2,1H3,(H3,15,16,17,18). The lowest BCUT2D eigenvalue weighted by Gasteiger charge is -2.08. The molecule has 0 saturated carbocycles. The highest BCUT2D eigenvalue weighted by Gasteiger charge is 2.07. The number of nitrogens with one attached hydrogen (secondary N) is 1. The lowest BCUT2D eigenvalue weighted by atomic mass is 10.2. The van der Waals surface area contributed by atoms with Crippen molar-refractivity contribution in [1.29, 1.82) is 0 Å². The van der Waals surface area contributed by atoms with Gasteiger partial charge in [0.25, 0.3) is 0 Å². The fourth-order valence-corrected chi connectivity index (χ4v) is 2.71. The molecule has 0 radical (unpaired) electrons. The predicted octanol–water partition coefficient (Wildman–Crippen LogP) is 2.89. The number of aromatic nitrogens is 2. The first-order valence-corrected chi connectivity index (χ1v) is 7.02. The van der Waals surface area contributed by atoms with Gasteiger partial charge in [0, 0.05) is 6.54 Å².